The second kappa shape index (κ2) is 12.0. The van der Waals surface area contributed by atoms with Crippen molar-refractivity contribution in [3.8, 4) is 6.07 Å². The summed E-state index contributed by atoms with van der Waals surface area (Å²) in [6.07, 6.45) is 4.23. The van der Waals surface area contributed by atoms with Crippen molar-refractivity contribution in [2.75, 3.05) is 63.0 Å². The highest BCUT2D eigenvalue weighted by atomic mass is 16.5. The van der Waals surface area contributed by atoms with Crippen LogP contribution in [0.4, 0.5) is 22.1 Å². The number of likely N-dealkylation sites (N-methyl/N-ethyl adjacent to an activating group) is 1. The topological polar surface area (TPSA) is 144 Å². The summed E-state index contributed by atoms with van der Waals surface area (Å²) < 4.78 is 5.04. The number of pyridine rings is 2. The molecule has 0 radical (unpaired) electrons. The molecule has 0 unspecified atom stereocenters. The first-order chi connectivity index (χ1) is 18.4. The molecule has 1 atom stereocenters. The summed E-state index contributed by atoms with van der Waals surface area (Å²) in [5.41, 5.74) is 2.62. The number of rotatable bonds is 9. The van der Waals surface area contributed by atoms with E-state index in [0.717, 1.165) is 18.4 Å². The van der Waals surface area contributed by atoms with Gasteiger partial charge in [0.25, 0.3) is 0 Å². The second-order valence-electron chi connectivity index (χ2n) is 9.49. The summed E-state index contributed by atoms with van der Waals surface area (Å²) in [7, 11) is 5.35. The lowest BCUT2D eigenvalue weighted by atomic mass is 10.0. The Morgan fingerprint density at radius 2 is 2.16 bits per heavy atom. The zero-order chi connectivity index (χ0) is 27.2. The molecule has 12 heteroatoms. The van der Waals surface area contributed by atoms with Gasteiger partial charge in [0.1, 0.15) is 23.4 Å². The minimum absolute atomic E-state index is 0.0385. The SMILES string of the molecule is COCCNc1cc(NC(=O)N2CCCc3cc(CN4CC[C@H](N(C)C)C4=O)c(C=O)nc32)ncc1C#N. The van der Waals surface area contributed by atoms with E-state index in [9.17, 15) is 19.6 Å². The van der Waals surface area contributed by atoms with Crippen LogP contribution in [-0.2, 0) is 22.5 Å². The average molecular weight is 521 g/mol. The number of hydrogen-bond donors (Lipinski definition) is 2. The Labute approximate surface area is 221 Å². The molecule has 0 aliphatic carbocycles. The van der Waals surface area contributed by atoms with Crippen LogP contribution in [0.1, 0.15) is 40.0 Å². The van der Waals surface area contributed by atoms with Gasteiger partial charge in [-0.3, -0.25) is 24.7 Å². The van der Waals surface area contributed by atoms with E-state index in [1.807, 2.05) is 25.1 Å². The number of anilines is 3. The van der Waals surface area contributed by atoms with Gasteiger partial charge in [-0.05, 0) is 45.0 Å². The fourth-order valence-corrected chi connectivity index (χ4v) is 4.77. The molecule has 2 aliphatic rings. The molecule has 12 nitrogen and oxygen atoms in total. The van der Waals surface area contributed by atoms with Gasteiger partial charge in [-0.25, -0.2) is 14.8 Å². The van der Waals surface area contributed by atoms with Crippen molar-refractivity contribution in [3.05, 3.63) is 40.7 Å². The van der Waals surface area contributed by atoms with E-state index in [4.69, 9.17) is 4.74 Å². The van der Waals surface area contributed by atoms with Gasteiger partial charge in [-0.2, -0.15) is 5.26 Å². The Balaban J connectivity index is 1.53. The number of carbonyl (C=O) groups excluding carboxylic acids is 3. The van der Waals surface area contributed by atoms with E-state index in [0.29, 0.717) is 68.1 Å². The number of amides is 3. The van der Waals surface area contributed by atoms with Crippen molar-refractivity contribution in [2.24, 2.45) is 0 Å². The fraction of sp³-hybridized carbons (Fsp3) is 0.462. The maximum atomic E-state index is 13.2. The monoisotopic (exact) mass is 520 g/mol. The number of aryl methyl sites for hydroxylation is 1. The van der Waals surface area contributed by atoms with E-state index in [1.54, 1.807) is 18.1 Å². The zero-order valence-electron chi connectivity index (χ0n) is 21.9. The normalized spacial score (nSPS) is 16.8. The van der Waals surface area contributed by atoms with E-state index in [-0.39, 0.29) is 23.5 Å². The van der Waals surface area contributed by atoms with Crippen molar-refractivity contribution < 1.29 is 19.1 Å². The van der Waals surface area contributed by atoms with Crippen LogP contribution in [0.3, 0.4) is 0 Å². The number of carbonyl (C=O) groups is 3. The highest BCUT2D eigenvalue weighted by Crippen LogP contribution is 2.29. The van der Waals surface area contributed by atoms with E-state index in [1.165, 1.54) is 11.1 Å². The number of hydrogen-bond acceptors (Lipinski definition) is 9. The van der Waals surface area contributed by atoms with Gasteiger partial charge in [0.2, 0.25) is 5.91 Å². The average Bonchev–Trinajstić information content (AvgIpc) is 3.28. The van der Waals surface area contributed by atoms with Gasteiger partial charge in [0.15, 0.2) is 6.29 Å². The maximum Gasteiger partial charge on any atom is 0.328 e. The number of fused-ring (bicyclic) bond motifs is 1. The summed E-state index contributed by atoms with van der Waals surface area (Å²) >= 11 is 0. The molecule has 2 N–H and O–H groups in total. The lowest BCUT2D eigenvalue weighted by molar-refractivity contribution is -0.131. The van der Waals surface area contributed by atoms with Crippen LogP contribution in [0.2, 0.25) is 0 Å². The quantitative estimate of drug-likeness (QED) is 0.374. The predicted octanol–water partition coefficient (Wildman–Crippen LogP) is 1.87. The molecule has 38 heavy (non-hydrogen) atoms. The lowest BCUT2D eigenvalue weighted by Crippen LogP contribution is -2.40. The molecule has 0 spiro atoms. The second-order valence-corrected chi connectivity index (χ2v) is 9.49. The molecule has 1 fully saturated rings. The van der Waals surface area contributed by atoms with E-state index < -0.39 is 6.03 Å². The van der Waals surface area contributed by atoms with Crippen LogP contribution in [0.15, 0.2) is 18.3 Å². The number of methoxy groups -OCH3 is 1. The van der Waals surface area contributed by atoms with Crippen LogP contribution in [0.5, 0.6) is 0 Å². The molecule has 0 saturated carbocycles. The van der Waals surface area contributed by atoms with Crippen LogP contribution >= 0.6 is 0 Å². The number of urea groups is 1. The molecule has 1 saturated heterocycles. The summed E-state index contributed by atoms with van der Waals surface area (Å²) in [5.74, 6) is 0.735. The third kappa shape index (κ3) is 5.74. The summed E-state index contributed by atoms with van der Waals surface area (Å²) in [6, 6.07) is 4.96. The van der Waals surface area contributed by atoms with E-state index >= 15 is 0 Å². The largest absolute Gasteiger partial charge is 0.383 e. The van der Waals surface area contributed by atoms with Crippen molar-refractivity contribution in [2.45, 2.75) is 31.8 Å². The maximum absolute atomic E-state index is 13.2. The van der Waals surface area contributed by atoms with Gasteiger partial charge < -0.3 is 15.0 Å². The molecule has 2 aromatic rings. The van der Waals surface area contributed by atoms with Crippen molar-refractivity contribution in [3.63, 3.8) is 0 Å². The van der Waals surface area contributed by atoms with Gasteiger partial charge in [-0.15, -0.1) is 0 Å². The predicted molar refractivity (Wildman–Crippen MR) is 141 cm³/mol. The third-order valence-corrected chi connectivity index (χ3v) is 6.77. The Hall–Kier alpha value is -4.08. The first-order valence-electron chi connectivity index (χ1n) is 12.5. The molecule has 4 rings (SSSR count). The molecule has 2 aromatic heterocycles. The number of nitrogens with one attached hydrogen (secondary N) is 2. The number of nitrogens with zero attached hydrogens (tertiary/aromatic N) is 6. The minimum atomic E-state index is -0.438. The van der Waals surface area contributed by atoms with Crippen molar-refractivity contribution in [1.82, 2.24) is 19.8 Å². The molecule has 4 heterocycles. The van der Waals surface area contributed by atoms with Crippen molar-refractivity contribution >= 4 is 35.5 Å². The molecular formula is C26H32N8O4. The van der Waals surface area contributed by atoms with Crippen LogP contribution in [0, 0.1) is 11.3 Å². The molecule has 0 aromatic carbocycles. The highest BCUT2D eigenvalue weighted by molar-refractivity contribution is 6.02. The highest BCUT2D eigenvalue weighted by Gasteiger charge is 2.34. The molecule has 2 aliphatic heterocycles. The Bertz CT molecular complexity index is 1260. The Morgan fingerprint density at radius 3 is 2.84 bits per heavy atom. The first kappa shape index (κ1) is 27.0. The van der Waals surface area contributed by atoms with Crippen molar-refractivity contribution in [1.29, 1.82) is 5.26 Å². The van der Waals surface area contributed by atoms with Gasteiger partial charge >= 0.3 is 6.03 Å². The molecule has 200 valence electrons. The molecule has 3 amide bonds. The molecule has 0 bridgehead atoms. The number of aromatic nitrogens is 2. The van der Waals surface area contributed by atoms with Crippen LogP contribution in [0.25, 0.3) is 0 Å². The third-order valence-electron chi connectivity index (χ3n) is 6.77. The van der Waals surface area contributed by atoms with Gasteiger partial charge in [-0.1, -0.05) is 0 Å². The zero-order valence-corrected chi connectivity index (χ0v) is 21.9. The van der Waals surface area contributed by atoms with Gasteiger partial charge in [0, 0.05) is 51.1 Å². The summed E-state index contributed by atoms with van der Waals surface area (Å²) in [5, 5.41) is 15.2. The van der Waals surface area contributed by atoms with Gasteiger partial charge in [0.05, 0.1) is 23.9 Å². The Morgan fingerprint density at radius 1 is 1.34 bits per heavy atom. The summed E-state index contributed by atoms with van der Waals surface area (Å²) in [4.78, 5) is 51.9. The number of ether oxygens (including phenoxy) is 1. The van der Waals surface area contributed by atoms with Crippen LogP contribution < -0.4 is 15.5 Å². The lowest BCUT2D eigenvalue weighted by Gasteiger charge is -2.29. The number of aldehydes is 1. The van der Waals surface area contributed by atoms with Crippen LogP contribution in [-0.4, -0.2) is 91.5 Å². The molecular weight excluding hydrogens is 488 g/mol. The number of likely N-dealkylation sites (tertiary alicyclic amines) is 1. The Kier molecular flexibility index (Phi) is 8.50. The minimum Gasteiger partial charge on any atom is -0.383 e. The number of nitriles is 1. The standard InChI is InChI=1S/C26H32N8O4/c1-32(2)22-6-9-33(25(22)36)15-18-11-17-5-4-8-34(24(17)30-21(18)16-35)26(37)31-23-12-20(28-7-10-38-3)19(13-27)14-29-23/h11-12,14,16,22H,4-10,15H2,1-3H3,(H2,28,29,31,37)/t22-/m0/s1. The summed E-state index contributed by atoms with van der Waals surface area (Å²) in [6.45, 7) is 2.28. The smallest absolute Gasteiger partial charge is 0.328 e. The fourth-order valence-electron chi connectivity index (χ4n) is 4.77. The first-order valence-corrected chi connectivity index (χ1v) is 12.5. The van der Waals surface area contributed by atoms with E-state index in [2.05, 4.69) is 26.7 Å².